The maximum atomic E-state index is 6.09. The normalized spacial score (nSPS) is 28.0. The van der Waals surface area contributed by atoms with Gasteiger partial charge in [0.2, 0.25) is 0 Å². The van der Waals surface area contributed by atoms with E-state index in [9.17, 15) is 0 Å². The van der Waals surface area contributed by atoms with Gasteiger partial charge < -0.3 is 9.47 Å². The molecule has 18 heavy (non-hydrogen) atoms. The van der Waals surface area contributed by atoms with Crippen LogP contribution in [0.5, 0.6) is 0 Å². The highest BCUT2D eigenvalue weighted by molar-refractivity contribution is 4.77. The minimum Gasteiger partial charge on any atom is -0.375 e. The van der Waals surface area contributed by atoms with Crippen molar-refractivity contribution in [2.75, 3.05) is 13.2 Å². The summed E-state index contributed by atoms with van der Waals surface area (Å²) in [5.41, 5.74) is 0. The molecule has 1 fully saturated rings. The molecule has 0 N–H and O–H groups in total. The Morgan fingerprint density at radius 2 is 1.22 bits per heavy atom. The van der Waals surface area contributed by atoms with Gasteiger partial charge >= 0.3 is 0 Å². The van der Waals surface area contributed by atoms with Crippen molar-refractivity contribution in [3.63, 3.8) is 0 Å². The number of rotatable bonds is 8. The Labute approximate surface area is 113 Å². The van der Waals surface area contributed by atoms with Crippen LogP contribution in [0.4, 0.5) is 0 Å². The van der Waals surface area contributed by atoms with E-state index in [2.05, 4.69) is 27.7 Å². The molecule has 0 heterocycles. The maximum Gasteiger partial charge on any atom is 0.0836 e. The zero-order chi connectivity index (χ0) is 13.4. The van der Waals surface area contributed by atoms with Gasteiger partial charge in [0, 0.05) is 13.2 Å². The third kappa shape index (κ3) is 5.71. The van der Waals surface area contributed by atoms with Gasteiger partial charge in [-0.1, -0.05) is 53.4 Å². The second-order valence-corrected chi connectivity index (χ2v) is 6.05. The van der Waals surface area contributed by atoms with E-state index in [4.69, 9.17) is 9.47 Å². The van der Waals surface area contributed by atoms with Gasteiger partial charge in [-0.3, -0.25) is 0 Å². The molecule has 2 heteroatoms. The smallest absolute Gasteiger partial charge is 0.0836 e. The van der Waals surface area contributed by atoms with Gasteiger partial charge in [-0.05, 0) is 24.7 Å². The van der Waals surface area contributed by atoms with E-state index >= 15 is 0 Å². The Balaban J connectivity index is 2.32. The molecular weight excluding hydrogens is 224 g/mol. The van der Waals surface area contributed by atoms with E-state index in [0.717, 1.165) is 13.2 Å². The lowest BCUT2D eigenvalue weighted by Gasteiger charge is -2.32. The summed E-state index contributed by atoms with van der Waals surface area (Å²) in [4.78, 5) is 0. The summed E-state index contributed by atoms with van der Waals surface area (Å²) in [6, 6.07) is 0. The average Bonchev–Trinajstić information content (AvgIpc) is 2.42. The maximum absolute atomic E-state index is 6.09. The van der Waals surface area contributed by atoms with Crippen LogP contribution in [-0.2, 0) is 9.47 Å². The molecule has 0 saturated heterocycles. The van der Waals surface area contributed by atoms with Crippen molar-refractivity contribution in [2.24, 2.45) is 11.8 Å². The molecule has 0 aliphatic heterocycles. The molecule has 0 aromatic heterocycles. The second-order valence-electron chi connectivity index (χ2n) is 6.05. The molecular formula is C16H32O2. The minimum absolute atomic E-state index is 0.344. The molecule has 0 radical (unpaired) electrons. The van der Waals surface area contributed by atoms with Crippen LogP contribution in [0.3, 0.4) is 0 Å². The summed E-state index contributed by atoms with van der Waals surface area (Å²) in [5, 5.41) is 0. The molecule has 1 rings (SSSR count). The highest BCUT2D eigenvalue weighted by Gasteiger charge is 2.27. The van der Waals surface area contributed by atoms with Crippen LogP contribution in [0, 0.1) is 11.8 Å². The van der Waals surface area contributed by atoms with Gasteiger partial charge in [-0.2, -0.15) is 0 Å². The predicted octanol–water partition coefficient (Wildman–Crippen LogP) is 4.42. The first-order chi connectivity index (χ1) is 8.67. The molecule has 0 spiro atoms. The van der Waals surface area contributed by atoms with Crippen LogP contribution < -0.4 is 0 Å². The van der Waals surface area contributed by atoms with E-state index in [1.165, 1.54) is 38.5 Å². The van der Waals surface area contributed by atoms with Crippen LogP contribution >= 0.6 is 0 Å². The van der Waals surface area contributed by atoms with E-state index in [-0.39, 0.29) is 0 Å². The molecule has 0 aromatic rings. The zero-order valence-electron chi connectivity index (χ0n) is 12.8. The monoisotopic (exact) mass is 256 g/mol. The fourth-order valence-corrected chi connectivity index (χ4v) is 2.26. The summed E-state index contributed by atoms with van der Waals surface area (Å²) in [6.07, 6.45) is 8.05. The van der Waals surface area contributed by atoms with Crippen LogP contribution in [0.15, 0.2) is 0 Å². The largest absolute Gasteiger partial charge is 0.375 e. The van der Waals surface area contributed by atoms with Crippen LogP contribution in [0.2, 0.25) is 0 Å². The topological polar surface area (TPSA) is 18.5 Å². The highest BCUT2D eigenvalue weighted by Crippen LogP contribution is 2.25. The number of hydrogen-bond acceptors (Lipinski definition) is 2. The van der Waals surface area contributed by atoms with Gasteiger partial charge in [0.1, 0.15) is 0 Å². The predicted molar refractivity (Wildman–Crippen MR) is 76.9 cm³/mol. The van der Waals surface area contributed by atoms with Crippen molar-refractivity contribution >= 4 is 0 Å². The molecule has 108 valence electrons. The van der Waals surface area contributed by atoms with E-state index in [1.54, 1.807) is 0 Å². The quantitative estimate of drug-likeness (QED) is 0.640. The Kier molecular flexibility index (Phi) is 7.92. The van der Waals surface area contributed by atoms with Crippen molar-refractivity contribution < 1.29 is 9.47 Å². The zero-order valence-corrected chi connectivity index (χ0v) is 12.8. The van der Waals surface area contributed by atoms with Crippen molar-refractivity contribution in [1.29, 1.82) is 0 Å². The fourth-order valence-electron chi connectivity index (χ4n) is 2.26. The first-order valence-corrected chi connectivity index (χ1v) is 7.90. The number of ether oxygens (including phenoxy) is 2. The van der Waals surface area contributed by atoms with Crippen molar-refractivity contribution in [1.82, 2.24) is 0 Å². The SMILES string of the molecule is CCC(C)COC1CCCCC1OCC(C)CC. The Hall–Kier alpha value is -0.0800. The first-order valence-electron chi connectivity index (χ1n) is 7.90. The third-order valence-corrected chi connectivity index (χ3v) is 4.23. The van der Waals surface area contributed by atoms with Crippen molar-refractivity contribution in [3.8, 4) is 0 Å². The van der Waals surface area contributed by atoms with Crippen LogP contribution in [-0.4, -0.2) is 25.4 Å². The van der Waals surface area contributed by atoms with E-state index in [1.807, 2.05) is 0 Å². The first kappa shape index (κ1) is 16.0. The molecule has 0 amide bonds. The average molecular weight is 256 g/mol. The third-order valence-electron chi connectivity index (χ3n) is 4.23. The Bertz CT molecular complexity index is 183. The lowest BCUT2D eigenvalue weighted by atomic mass is 9.94. The number of hydrogen-bond donors (Lipinski definition) is 0. The van der Waals surface area contributed by atoms with Crippen LogP contribution in [0.25, 0.3) is 0 Å². The highest BCUT2D eigenvalue weighted by atomic mass is 16.5. The molecule has 0 aromatic carbocycles. The standard InChI is InChI=1S/C16H32O2/c1-5-13(3)11-17-15-9-7-8-10-16(15)18-12-14(4)6-2/h13-16H,5-12H2,1-4H3. The lowest BCUT2D eigenvalue weighted by Crippen LogP contribution is -2.36. The molecule has 4 unspecified atom stereocenters. The van der Waals surface area contributed by atoms with Gasteiger partial charge in [0.05, 0.1) is 12.2 Å². The summed E-state index contributed by atoms with van der Waals surface area (Å²) in [5.74, 6) is 1.34. The Morgan fingerprint density at radius 1 is 0.833 bits per heavy atom. The van der Waals surface area contributed by atoms with Gasteiger partial charge in [0.25, 0.3) is 0 Å². The van der Waals surface area contributed by atoms with Crippen molar-refractivity contribution in [3.05, 3.63) is 0 Å². The molecule has 1 aliphatic rings. The van der Waals surface area contributed by atoms with E-state index in [0.29, 0.717) is 24.0 Å². The molecule has 4 atom stereocenters. The molecule has 2 nitrogen and oxygen atoms in total. The summed E-state index contributed by atoms with van der Waals surface area (Å²) >= 11 is 0. The lowest BCUT2D eigenvalue weighted by molar-refractivity contribution is -0.104. The van der Waals surface area contributed by atoms with Gasteiger partial charge in [-0.25, -0.2) is 0 Å². The summed E-state index contributed by atoms with van der Waals surface area (Å²) in [7, 11) is 0. The second kappa shape index (κ2) is 8.92. The van der Waals surface area contributed by atoms with E-state index < -0.39 is 0 Å². The fraction of sp³-hybridized carbons (Fsp3) is 1.00. The molecule has 0 bridgehead atoms. The van der Waals surface area contributed by atoms with Crippen LogP contribution in [0.1, 0.15) is 66.2 Å². The van der Waals surface area contributed by atoms with Gasteiger partial charge in [0.15, 0.2) is 0 Å². The molecule has 1 aliphatic carbocycles. The summed E-state index contributed by atoms with van der Waals surface area (Å²) in [6.45, 7) is 10.8. The Morgan fingerprint density at radius 3 is 1.56 bits per heavy atom. The summed E-state index contributed by atoms with van der Waals surface area (Å²) < 4.78 is 12.2. The van der Waals surface area contributed by atoms with Crippen molar-refractivity contribution in [2.45, 2.75) is 78.4 Å². The van der Waals surface area contributed by atoms with Gasteiger partial charge in [-0.15, -0.1) is 0 Å². The minimum atomic E-state index is 0.344. The molecule has 1 saturated carbocycles.